The van der Waals surface area contributed by atoms with E-state index in [4.69, 9.17) is 14.2 Å². The van der Waals surface area contributed by atoms with Crippen LogP contribution < -0.4 is 4.74 Å². The second-order valence-corrected chi connectivity index (χ2v) is 10.4. The lowest BCUT2D eigenvalue weighted by Gasteiger charge is -2.32. The lowest BCUT2D eigenvalue weighted by molar-refractivity contribution is -0.152. The first-order valence-electron chi connectivity index (χ1n) is 13.2. The lowest BCUT2D eigenvalue weighted by atomic mass is 9.72. The first-order valence-corrected chi connectivity index (χ1v) is 13.2. The molecule has 1 aromatic heterocycles. The van der Waals surface area contributed by atoms with Gasteiger partial charge in [-0.3, -0.25) is 9.48 Å². The molecule has 2 atom stereocenters. The Bertz CT molecular complexity index is 1190. The zero-order valence-corrected chi connectivity index (χ0v) is 22.7. The van der Waals surface area contributed by atoms with Gasteiger partial charge in [0.05, 0.1) is 38.0 Å². The molecule has 4 rings (SSSR count). The number of benzene rings is 2. The van der Waals surface area contributed by atoms with Crippen LogP contribution in [0.2, 0.25) is 0 Å². The molecule has 0 aliphatic heterocycles. The molecule has 7 heteroatoms. The Kier molecular flexibility index (Phi) is 8.64. The highest BCUT2D eigenvalue weighted by molar-refractivity contribution is 5.77. The molecule has 198 valence electrons. The number of fused-ring (bicyclic) bond motifs is 1. The monoisotopic (exact) mass is 505 g/mol. The zero-order valence-electron chi connectivity index (χ0n) is 22.7. The van der Waals surface area contributed by atoms with Gasteiger partial charge >= 0.3 is 5.97 Å². The van der Waals surface area contributed by atoms with Gasteiger partial charge in [-0.05, 0) is 73.9 Å². The molecule has 0 fully saturated rings. The molecule has 0 saturated carbocycles. The second kappa shape index (κ2) is 11.9. The van der Waals surface area contributed by atoms with E-state index in [2.05, 4.69) is 35.4 Å². The van der Waals surface area contributed by atoms with Crippen molar-refractivity contribution in [2.75, 3.05) is 14.2 Å². The number of methoxy groups -OCH3 is 2. The molecule has 0 bridgehead atoms. The highest BCUT2D eigenvalue weighted by atomic mass is 16.5. The van der Waals surface area contributed by atoms with Crippen LogP contribution in [-0.2, 0) is 40.3 Å². The maximum absolute atomic E-state index is 12.9. The number of rotatable bonds is 12. The normalized spacial score (nSPS) is 15.9. The summed E-state index contributed by atoms with van der Waals surface area (Å²) >= 11 is 0. The molecule has 0 radical (unpaired) electrons. The third-order valence-electron chi connectivity index (χ3n) is 7.53. The zero-order chi connectivity index (χ0) is 26.4. The minimum atomic E-state index is -0.701. The molecular formula is C30H39N3O4. The average Bonchev–Trinajstić information content (AvgIpc) is 3.53. The largest absolute Gasteiger partial charge is 0.497 e. The summed E-state index contributed by atoms with van der Waals surface area (Å²) in [7, 11) is 3.13. The molecule has 7 nitrogen and oxygen atoms in total. The quantitative estimate of drug-likeness (QED) is 0.289. The fourth-order valence-corrected chi connectivity index (χ4v) is 5.32. The van der Waals surface area contributed by atoms with Crippen LogP contribution >= 0.6 is 0 Å². The van der Waals surface area contributed by atoms with Gasteiger partial charge in [0.2, 0.25) is 0 Å². The van der Waals surface area contributed by atoms with Crippen molar-refractivity contribution in [3.8, 4) is 5.75 Å². The summed E-state index contributed by atoms with van der Waals surface area (Å²) in [6.07, 6.45) is 6.69. The SMILES string of the molecule is CCCc1cn(CCC(c2ccc3c(c2)C(OCc2ccc(OC)cc2)CC3)C(C)(C)C(=O)OC)nn1. The number of esters is 1. The van der Waals surface area contributed by atoms with E-state index in [1.54, 1.807) is 7.11 Å². The second-order valence-electron chi connectivity index (χ2n) is 10.4. The topological polar surface area (TPSA) is 75.5 Å². The predicted molar refractivity (Wildman–Crippen MR) is 142 cm³/mol. The highest BCUT2D eigenvalue weighted by Crippen LogP contribution is 2.43. The van der Waals surface area contributed by atoms with Crippen LogP contribution in [0.25, 0.3) is 0 Å². The van der Waals surface area contributed by atoms with E-state index in [1.165, 1.54) is 18.2 Å². The van der Waals surface area contributed by atoms with Crippen LogP contribution in [0.4, 0.5) is 0 Å². The molecule has 0 spiro atoms. The fourth-order valence-electron chi connectivity index (χ4n) is 5.32. The van der Waals surface area contributed by atoms with Gasteiger partial charge in [0.1, 0.15) is 5.75 Å². The smallest absolute Gasteiger partial charge is 0.311 e. The van der Waals surface area contributed by atoms with Crippen molar-refractivity contribution in [3.63, 3.8) is 0 Å². The van der Waals surface area contributed by atoms with Gasteiger partial charge < -0.3 is 14.2 Å². The van der Waals surface area contributed by atoms with Gasteiger partial charge in [-0.25, -0.2) is 0 Å². The number of hydrogen-bond acceptors (Lipinski definition) is 6. The van der Waals surface area contributed by atoms with Gasteiger partial charge in [-0.2, -0.15) is 0 Å². The third-order valence-corrected chi connectivity index (χ3v) is 7.53. The summed E-state index contributed by atoms with van der Waals surface area (Å²) in [4.78, 5) is 12.9. The molecule has 1 aliphatic rings. The number of hydrogen-bond donors (Lipinski definition) is 0. The molecule has 1 aliphatic carbocycles. The number of nitrogens with zero attached hydrogens (tertiary/aromatic N) is 3. The van der Waals surface area contributed by atoms with Crippen molar-refractivity contribution in [1.29, 1.82) is 0 Å². The van der Waals surface area contributed by atoms with E-state index in [0.717, 1.165) is 54.7 Å². The van der Waals surface area contributed by atoms with Gasteiger partial charge in [0.15, 0.2) is 0 Å². The minimum absolute atomic E-state index is 0.0332. The summed E-state index contributed by atoms with van der Waals surface area (Å²) < 4.78 is 18.7. The van der Waals surface area contributed by atoms with E-state index in [1.807, 2.05) is 49.0 Å². The van der Waals surface area contributed by atoms with E-state index in [0.29, 0.717) is 13.2 Å². The number of ether oxygens (including phenoxy) is 3. The first-order chi connectivity index (χ1) is 17.8. The Morgan fingerprint density at radius 2 is 1.95 bits per heavy atom. The van der Waals surface area contributed by atoms with Crippen LogP contribution in [0.3, 0.4) is 0 Å². The third kappa shape index (κ3) is 6.21. The Balaban J connectivity index is 1.54. The molecule has 0 saturated heterocycles. The summed E-state index contributed by atoms with van der Waals surface area (Å²) in [5.41, 5.74) is 5.09. The Morgan fingerprint density at radius 3 is 2.65 bits per heavy atom. The average molecular weight is 506 g/mol. The summed E-state index contributed by atoms with van der Waals surface area (Å²) in [6.45, 7) is 7.30. The standard InChI is InChI=1S/C30H39N3O4/c1-6-7-24-19-33(32-31-24)17-16-27(30(2,3)29(34)36-5)23-11-10-22-12-15-28(26(22)18-23)37-20-21-8-13-25(35-4)14-9-21/h8-11,13-14,18-19,27-28H,6-7,12,15-17,20H2,1-5H3. The molecule has 37 heavy (non-hydrogen) atoms. The molecular weight excluding hydrogens is 466 g/mol. The van der Waals surface area contributed by atoms with E-state index in [-0.39, 0.29) is 18.0 Å². The maximum Gasteiger partial charge on any atom is 0.311 e. The number of aryl methyl sites for hydroxylation is 3. The Morgan fingerprint density at radius 1 is 1.16 bits per heavy atom. The first kappa shape index (κ1) is 26.9. The van der Waals surface area contributed by atoms with Crippen molar-refractivity contribution < 1.29 is 19.0 Å². The lowest BCUT2D eigenvalue weighted by Crippen LogP contribution is -2.33. The van der Waals surface area contributed by atoms with Gasteiger partial charge in [-0.1, -0.05) is 48.9 Å². The van der Waals surface area contributed by atoms with Gasteiger partial charge in [0, 0.05) is 18.7 Å². The summed E-state index contributed by atoms with van der Waals surface area (Å²) in [6, 6.07) is 14.6. The summed E-state index contributed by atoms with van der Waals surface area (Å²) in [5.74, 6) is 0.578. The summed E-state index contributed by atoms with van der Waals surface area (Å²) in [5, 5.41) is 8.58. The van der Waals surface area contributed by atoms with Gasteiger partial charge in [-0.15, -0.1) is 5.10 Å². The molecule has 0 amide bonds. The molecule has 0 N–H and O–H groups in total. The van der Waals surface area contributed by atoms with Gasteiger partial charge in [0.25, 0.3) is 0 Å². The van der Waals surface area contributed by atoms with E-state index < -0.39 is 5.41 Å². The molecule has 2 aromatic carbocycles. The minimum Gasteiger partial charge on any atom is -0.497 e. The maximum atomic E-state index is 12.9. The predicted octanol–water partition coefficient (Wildman–Crippen LogP) is 5.82. The molecule has 1 heterocycles. The molecule has 2 unspecified atom stereocenters. The van der Waals surface area contributed by atoms with Crippen LogP contribution in [0, 0.1) is 5.41 Å². The number of aromatic nitrogens is 3. The molecule has 3 aromatic rings. The highest BCUT2D eigenvalue weighted by Gasteiger charge is 2.39. The van der Waals surface area contributed by atoms with Crippen LogP contribution in [0.5, 0.6) is 5.75 Å². The van der Waals surface area contributed by atoms with E-state index >= 15 is 0 Å². The number of carbonyl (C=O) groups excluding carboxylic acids is 1. The Hall–Kier alpha value is -3.19. The van der Waals surface area contributed by atoms with Crippen LogP contribution in [0.1, 0.15) is 80.0 Å². The number of carbonyl (C=O) groups is 1. The van der Waals surface area contributed by atoms with Crippen molar-refractivity contribution in [1.82, 2.24) is 15.0 Å². The van der Waals surface area contributed by atoms with Crippen molar-refractivity contribution in [3.05, 3.63) is 76.6 Å². The van der Waals surface area contributed by atoms with Crippen molar-refractivity contribution in [2.45, 2.75) is 78.0 Å². The van der Waals surface area contributed by atoms with Crippen LogP contribution in [0.15, 0.2) is 48.7 Å². The fraction of sp³-hybridized carbons (Fsp3) is 0.500. The van der Waals surface area contributed by atoms with Crippen molar-refractivity contribution in [2.24, 2.45) is 5.41 Å². The van der Waals surface area contributed by atoms with Crippen molar-refractivity contribution >= 4 is 5.97 Å². The van der Waals surface area contributed by atoms with E-state index in [9.17, 15) is 4.79 Å². The van der Waals surface area contributed by atoms with Crippen LogP contribution in [-0.4, -0.2) is 35.2 Å². The Labute approximate surface area is 220 Å².